The molecule has 2 nitrogen and oxygen atoms in total. The molecule has 0 amide bonds. The van der Waals surface area contributed by atoms with Crippen LogP contribution in [0.3, 0.4) is 0 Å². The predicted octanol–water partition coefficient (Wildman–Crippen LogP) is 1.57. The molecule has 56 valence electrons. The van der Waals surface area contributed by atoms with Crippen LogP contribution in [-0.4, -0.2) is 0 Å². The number of rotatable bonds is 2. The van der Waals surface area contributed by atoms with Crippen molar-refractivity contribution in [3.8, 4) is 0 Å². The lowest BCUT2D eigenvalue weighted by Gasteiger charge is -1.93. The molecular formula is C7H18N2. The van der Waals surface area contributed by atoms with E-state index in [9.17, 15) is 0 Å². The molecule has 0 bridgehead atoms. The fourth-order valence-corrected chi connectivity index (χ4v) is 0.658. The average molecular weight is 130 g/mol. The van der Waals surface area contributed by atoms with Crippen molar-refractivity contribution in [1.29, 1.82) is 0 Å². The summed E-state index contributed by atoms with van der Waals surface area (Å²) in [7, 11) is 0. The molecule has 0 aromatic carbocycles. The molecule has 0 unspecified atom stereocenters. The topological polar surface area (TPSA) is 52.0 Å². The molecule has 0 radical (unpaired) electrons. The molecule has 0 heterocycles. The SMILES string of the molecule is CC=C(CC)CC.NN. The Kier molecular flexibility index (Phi) is 13.5. The monoisotopic (exact) mass is 130 g/mol. The van der Waals surface area contributed by atoms with Crippen molar-refractivity contribution in [2.45, 2.75) is 33.6 Å². The first-order valence-corrected chi connectivity index (χ1v) is 3.32. The van der Waals surface area contributed by atoms with Gasteiger partial charge in [-0.05, 0) is 19.8 Å². The highest BCUT2D eigenvalue weighted by Gasteiger charge is 1.82. The van der Waals surface area contributed by atoms with E-state index in [1.54, 1.807) is 5.57 Å². The second-order valence-corrected chi connectivity index (χ2v) is 1.65. The van der Waals surface area contributed by atoms with Gasteiger partial charge in [0.15, 0.2) is 0 Å². The molecule has 9 heavy (non-hydrogen) atoms. The van der Waals surface area contributed by atoms with Crippen LogP contribution < -0.4 is 11.7 Å². The van der Waals surface area contributed by atoms with Gasteiger partial charge in [0.05, 0.1) is 0 Å². The van der Waals surface area contributed by atoms with Crippen LogP contribution in [-0.2, 0) is 0 Å². The van der Waals surface area contributed by atoms with E-state index in [0.717, 1.165) is 0 Å². The van der Waals surface area contributed by atoms with Crippen LogP contribution in [0.2, 0.25) is 0 Å². The average Bonchev–Trinajstić information content (AvgIpc) is 1.96. The summed E-state index contributed by atoms with van der Waals surface area (Å²) < 4.78 is 0. The number of hydrogen-bond acceptors (Lipinski definition) is 2. The first kappa shape index (κ1) is 11.5. The fraction of sp³-hybridized carbons (Fsp3) is 0.714. The van der Waals surface area contributed by atoms with Gasteiger partial charge in [-0.25, -0.2) is 0 Å². The van der Waals surface area contributed by atoms with Crippen LogP contribution in [0.5, 0.6) is 0 Å². The minimum absolute atomic E-state index is 1.22. The van der Waals surface area contributed by atoms with E-state index in [4.69, 9.17) is 0 Å². The molecule has 4 N–H and O–H groups in total. The summed E-state index contributed by atoms with van der Waals surface area (Å²) in [6.07, 6.45) is 4.62. The maximum absolute atomic E-state index is 4.00. The van der Waals surface area contributed by atoms with Gasteiger partial charge < -0.3 is 0 Å². The quantitative estimate of drug-likeness (QED) is 0.338. The maximum atomic E-state index is 4.00. The number of nitrogens with two attached hydrogens (primary N) is 2. The Balaban J connectivity index is 0. The molecule has 0 aromatic heterocycles. The highest BCUT2D eigenvalue weighted by Crippen LogP contribution is 2.02. The summed E-state index contributed by atoms with van der Waals surface area (Å²) in [5.41, 5.74) is 1.56. The molecule has 0 rings (SSSR count). The second kappa shape index (κ2) is 10.6. The molecule has 0 aliphatic rings. The van der Waals surface area contributed by atoms with Gasteiger partial charge in [0.2, 0.25) is 0 Å². The molecule has 0 aliphatic carbocycles. The first-order valence-electron chi connectivity index (χ1n) is 3.32. The summed E-state index contributed by atoms with van der Waals surface area (Å²) in [6, 6.07) is 0. The molecule has 0 aliphatic heterocycles. The van der Waals surface area contributed by atoms with Gasteiger partial charge in [-0.3, -0.25) is 11.7 Å². The van der Waals surface area contributed by atoms with Crippen LogP contribution in [0.4, 0.5) is 0 Å². The van der Waals surface area contributed by atoms with E-state index in [0.29, 0.717) is 0 Å². The summed E-state index contributed by atoms with van der Waals surface area (Å²) in [6.45, 7) is 6.49. The predicted molar refractivity (Wildman–Crippen MR) is 42.7 cm³/mol. The Morgan fingerprint density at radius 3 is 1.56 bits per heavy atom. The van der Waals surface area contributed by atoms with Crippen molar-refractivity contribution in [2.24, 2.45) is 11.7 Å². The molecule has 0 spiro atoms. The van der Waals surface area contributed by atoms with Gasteiger partial charge in [0, 0.05) is 0 Å². The Hall–Kier alpha value is -0.340. The lowest BCUT2D eigenvalue weighted by molar-refractivity contribution is 0.972. The minimum atomic E-state index is 1.22. The first-order chi connectivity index (χ1) is 4.35. The number of hydrogen-bond donors (Lipinski definition) is 2. The van der Waals surface area contributed by atoms with Gasteiger partial charge in [-0.15, -0.1) is 0 Å². The van der Waals surface area contributed by atoms with Crippen LogP contribution in [0.1, 0.15) is 33.6 Å². The highest BCUT2D eigenvalue weighted by atomic mass is 15.0. The van der Waals surface area contributed by atoms with Crippen molar-refractivity contribution in [3.63, 3.8) is 0 Å². The van der Waals surface area contributed by atoms with E-state index >= 15 is 0 Å². The Bertz CT molecular complexity index is 61.3. The van der Waals surface area contributed by atoms with Gasteiger partial charge in [0.25, 0.3) is 0 Å². The minimum Gasteiger partial charge on any atom is -0.274 e. The summed E-state index contributed by atoms with van der Waals surface area (Å²) in [5, 5.41) is 0. The number of hydrazine groups is 1. The van der Waals surface area contributed by atoms with Crippen molar-refractivity contribution in [2.75, 3.05) is 0 Å². The van der Waals surface area contributed by atoms with E-state index in [2.05, 4.69) is 38.5 Å². The fourth-order valence-electron chi connectivity index (χ4n) is 0.658. The standard InChI is InChI=1S/C7H14.H4N2/c1-4-7(5-2)6-3;1-2/h4H,5-6H2,1-3H3;1-2H2. The van der Waals surface area contributed by atoms with Gasteiger partial charge >= 0.3 is 0 Å². The molecular weight excluding hydrogens is 112 g/mol. The zero-order valence-corrected chi connectivity index (χ0v) is 6.65. The third-order valence-electron chi connectivity index (χ3n) is 1.32. The lowest BCUT2D eigenvalue weighted by atomic mass is 10.1. The van der Waals surface area contributed by atoms with Crippen molar-refractivity contribution in [1.82, 2.24) is 0 Å². The van der Waals surface area contributed by atoms with E-state index in [1.807, 2.05) is 0 Å². The van der Waals surface area contributed by atoms with E-state index in [1.165, 1.54) is 12.8 Å². The largest absolute Gasteiger partial charge is 0.274 e. The molecule has 0 saturated heterocycles. The Morgan fingerprint density at radius 2 is 1.56 bits per heavy atom. The number of allylic oxidation sites excluding steroid dienone is 2. The van der Waals surface area contributed by atoms with Gasteiger partial charge in [-0.2, -0.15) is 0 Å². The van der Waals surface area contributed by atoms with Crippen LogP contribution in [0.25, 0.3) is 0 Å². The van der Waals surface area contributed by atoms with Crippen molar-refractivity contribution >= 4 is 0 Å². The lowest BCUT2D eigenvalue weighted by Crippen LogP contribution is -2.02. The van der Waals surface area contributed by atoms with E-state index < -0.39 is 0 Å². The maximum Gasteiger partial charge on any atom is -0.0349 e. The second-order valence-electron chi connectivity index (χ2n) is 1.65. The Morgan fingerprint density at radius 1 is 1.22 bits per heavy atom. The molecule has 0 aromatic rings. The van der Waals surface area contributed by atoms with Gasteiger partial charge in [-0.1, -0.05) is 25.5 Å². The normalized spacial score (nSPS) is 7.22. The summed E-state index contributed by atoms with van der Waals surface area (Å²) in [5.74, 6) is 8.00. The van der Waals surface area contributed by atoms with E-state index in [-0.39, 0.29) is 0 Å². The van der Waals surface area contributed by atoms with Crippen LogP contribution >= 0.6 is 0 Å². The zero-order chi connectivity index (χ0) is 7.70. The summed E-state index contributed by atoms with van der Waals surface area (Å²) >= 11 is 0. The molecule has 0 saturated carbocycles. The summed E-state index contributed by atoms with van der Waals surface area (Å²) in [4.78, 5) is 0. The third-order valence-corrected chi connectivity index (χ3v) is 1.32. The smallest absolute Gasteiger partial charge is 0.0349 e. The Labute approximate surface area is 57.9 Å². The van der Waals surface area contributed by atoms with Crippen LogP contribution in [0, 0.1) is 0 Å². The molecule has 0 atom stereocenters. The highest BCUT2D eigenvalue weighted by molar-refractivity contribution is 4.97. The third kappa shape index (κ3) is 7.66. The zero-order valence-electron chi connectivity index (χ0n) is 6.65. The molecule has 0 fully saturated rings. The van der Waals surface area contributed by atoms with Crippen molar-refractivity contribution < 1.29 is 0 Å². The molecule has 2 heteroatoms. The van der Waals surface area contributed by atoms with Gasteiger partial charge in [0.1, 0.15) is 0 Å². The van der Waals surface area contributed by atoms with Crippen LogP contribution in [0.15, 0.2) is 11.6 Å². The van der Waals surface area contributed by atoms with Crippen molar-refractivity contribution in [3.05, 3.63) is 11.6 Å².